The molecule has 1 atom stereocenters. The molecule has 26 heavy (non-hydrogen) atoms. The number of carbonyl (C=O) groups excluding carboxylic acids is 1. The highest BCUT2D eigenvalue weighted by Gasteiger charge is 2.12. The summed E-state index contributed by atoms with van der Waals surface area (Å²) in [5, 5.41) is 14.1. The van der Waals surface area contributed by atoms with E-state index in [-0.39, 0.29) is 11.9 Å². The molecular formula is C19H19N5OS. The predicted octanol–water partition coefficient (Wildman–Crippen LogP) is 4.30. The molecule has 0 aliphatic heterocycles. The van der Waals surface area contributed by atoms with E-state index in [1.165, 1.54) is 16.9 Å². The first-order chi connectivity index (χ1) is 12.8. The lowest BCUT2D eigenvalue weighted by Crippen LogP contribution is -2.14. The fraction of sp³-hybridized carbons (Fsp3) is 0.158. The van der Waals surface area contributed by atoms with Crippen LogP contribution in [0.1, 0.15) is 34.8 Å². The second-order valence-electron chi connectivity index (χ2n) is 5.60. The van der Waals surface area contributed by atoms with Crippen LogP contribution < -0.4 is 10.6 Å². The highest BCUT2D eigenvalue weighted by atomic mass is 32.1. The number of allylic oxidation sites excluding steroid dienone is 1. The third kappa shape index (κ3) is 4.73. The van der Waals surface area contributed by atoms with Crippen LogP contribution in [0.25, 0.3) is 0 Å². The fourth-order valence-corrected chi connectivity index (χ4v) is 2.92. The van der Waals surface area contributed by atoms with Gasteiger partial charge < -0.3 is 5.32 Å². The van der Waals surface area contributed by atoms with Gasteiger partial charge in [-0.1, -0.05) is 47.7 Å². The summed E-state index contributed by atoms with van der Waals surface area (Å²) in [5.74, 6) is 0.461. The molecule has 132 valence electrons. The number of anilines is 2. The van der Waals surface area contributed by atoms with Crippen LogP contribution in [0.3, 0.4) is 0 Å². The Hall–Kier alpha value is -3.06. The number of nitrogens with one attached hydrogen (secondary N) is 2. The van der Waals surface area contributed by atoms with Crippen molar-refractivity contribution in [1.29, 1.82) is 0 Å². The molecule has 2 heterocycles. The van der Waals surface area contributed by atoms with Crippen LogP contribution in [0.15, 0.2) is 66.8 Å². The molecule has 0 aliphatic carbocycles. The van der Waals surface area contributed by atoms with Gasteiger partial charge in [-0.2, -0.15) is 0 Å². The van der Waals surface area contributed by atoms with Crippen molar-refractivity contribution in [3.8, 4) is 0 Å². The van der Waals surface area contributed by atoms with E-state index in [1.54, 1.807) is 23.8 Å². The van der Waals surface area contributed by atoms with Gasteiger partial charge in [0.1, 0.15) is 11.3 Å². The smallest absolute Gasteiger partial charge is 0.259 e. The van der Waals surface area contributed by atoms with Crippen LogP contribution in [0.4, 0.5) is 10.9 Å². The second-order valence-corrected chi connectivity index (χ2v) is 6.44. The van der Waals surface area contributed by atoms with Crippen molar-refractivity contribution in [3.05, 3.63) is 78.0 Å². The molecule has 6 nitrogen and oxygen atoms in total. The number of hydrogen-bond donors (Lipinski definition) is 2. The van der Waals surface area contributed by atoms with Crippen molar-refractivity contribution < 1.29 is 4.79 Å². The van der Waals surface area contributed by atoms with Crippen LogP contribution in [-0.4, -0.2) is 21.1 Å². The topological polar surface area (TPSA) is 79.8 Å². The number of nitrogens with zero attached hydrogens (tertiary/aromatic N) is 3. The molecule has 0 fully saturated rings. The van der Waals surface area contributed by atoms with Crippen molar-refractivity contribution in [1.82, 2.24) is 15.2 Å². The number of aromatic nitrogens is 3. The monoisotopic (exact) mass is 365 g/mol. The first-order valence-corrected chi connectivity index (χ1v) is 9.10. The molecule has 1 unspecified atom stereocenters. The highest BCUT2D eigenvalue weighted by Crippen LogP contribution is 2.23. The summed E-state index contributed by atoms with van der Waals surface area (Å²) in [6.07, 6.45) is 5.27. The fourth-order valence-electron chi connectivity index (χ4n) is 2.48. The molecule has 3 rings (SSSR count). The van der Waals surface area contributed by atoms with Gasteiger partial charge in [-0.3, -0.25) is 10.1 Å². The molecular weight excluding hydrogens is 346 g/mol. The first-order valence-electron chi connectivity index (χ1n) is 8.22. The number of amides is 1. The minimum Gasteiger partial charge on any atom is -0.363 e. The Morgan fingerprint density at radius 2 is 2.08 bits per heavy atom. The summed E-state index contributed by atoms with van der Waals surface area (Å²) in [5.41, 5.74) is 3.22. The number of rotatable bonds is 8. The molecule has 2 aromatic heterocycles. The van der Waals surface area contributed by atoms with E-state index in [4.69, 9.17) is 0 Å². The lowest BCUT2D eigenvalue weighted by Gasteiger charge is -2.19. The number of carbonyl (C=O) groups is 1. The summed E-state index contributed by atoms with van der Waals surface area (Å²) in [7, 11) is 0. The minimum atomic E-state index is -0.257. The Labute approximate surface area is 156 Å². The number of benzene rings is 1. The number of pyridine rings is 1. The quantitative estimate of drug-likeness (QED) is 0.582. The summed E-state index contributed by atoms with van der Waals surface area (Å²) < 4.78 is 0. The minimum absolute atomic E-state index is 0.128. The molecule has 3 aromatic rings. The maximum Gasteiger partial charge on any atom is 0.259 e. The van der Waals surface area contributed by atoms with Crippen molar-refractivity contribution in [3.63, 3.8) is 0 Å². The average molecular weight is 365 g/mol. The zero-order valence-corrected chi connectivity index (χ0v) is 14.9. The Bertz CT molecular complexity index is 834. The second kappa shape index (κ2) is 8.87. The molecule has 7 heteroatoms. The zero-order valence-electron chi connectivity index (χ0n) is 14.1. The largest absolute Gasteiger partial charge is 0.363 e. The van der Waals surface area contributed by atoms with Gasteiger partial charge in [0, 0.05) is 6.20 Å². The third-order valence-corrected chi connectivity index (χ3v) is 4.40. The normalized spacial score (nSPS) is 11.5. The van der Waals surface area contributed by atoms with E-state index >= 15 is 0 Å². The number of hydrogen-bond acceptors (Lipinski definition) is 6. The van der Waals surface area contributed by atoms with Crippen LogP contribution >= 0.6 is 11.3 Å². The summed E-state index contributed by atoms with van der Waals surface area (Å²) in [6, 6.07) is 13.9. The lowest BCUT2D eigenvalue weighted by molar-refractivity contribution is 0.102. The van der Waals surface area contributed by atoms with Crippen LogP contribution in [0, 0.1) is 0 Å². The van der Waals surface area contributed by atoms with E-state index in [1.807, 2.05) is 24.3 Å². The maximum absolute atomic E-state index is 12.2. The van der Waals surface area contributed by atoms with E-state index in [0.717, 1.165) is 18.7 Å². The van der Waals surface area contributed by atoms with Gasteiger partial charge >= 0.3 is 0 Å². The van der Waals surface area contributed by atoms with Gasteiger partial charge in [-0.15, -0.1) is 16.8 Å². The summed E-state index contributed by atoms with van der Waals surface area (Å²) in [4.78, 5) is 16.5. The van der Waals surface area contributed by atoms with Crippen LogP contribution in [0.5, 0.6) is 0 Å². The van der Waals surface area contributed by atoms with Gasteiger partial charge in [0.2, 0.25) is 5.13 Å². The van der Waals surface area contributed by atoms with E-state index in [2.05, 4.69) is 44.5 Å². The zero-order chi connectivity index (χ0) is 18.2. The van der Waals surface area contributed by atoms with Crippen molar-refractivity contribution in [2.45, 2.75) is 18.9 Å². The molecule has 0 saturated heterocycles. The Morgan fingerprint density at radius 1 is 1.23 bits per heavy atom. The first kappa shape index (κ1) is 17.8. The maximum atomic E-state index is 12.2. The van der Waals surface area contributed by atoms with Gasteiger partial charge in [-0.05, 0) is 30.5 Å². The van der Waals surface area contributed by atoms with Crippen molar-refractivity contribution in [2.24, 2.45) is 0 Å². The molecule has 0 aliphatic rings. The Kier molecular flexibility index (Phi) is 6.05. The van der Waals surface area contributed by atoms with Crippen LogP contribution in [-0.2, 0) is 0 Å². The molecule has 0 saturated carbocycles. The standard InChI is InChI=1S/C19H19N5OS/c1-2-3-9-16(14-7-5-4-6-8-14)22-17-11-10-15(12-20-17)18(25)23-19-24-21-13-26-19/h2,4-8,10-13,16H,1,3,9H2,(H,20,22)(H,23,24,25). The summed E-state index contributed by atoms with van der Waals surface area (Å²) >= 11 is 1.27. The van der Waals surface area contributed by atoms with Crippen LogP contribution in [0.2, 0.25) is 0 Å². The Balaban J connectivity index is 1.68. The van der Waals surface area contributed by atoms with E-state index in [9.17, 15) is 4.79 Å². The molecule has 1 amide bonds. The van der Waals surface area contributed by atoms with Gasteiger partial charge in [0.05, 0.1) is 11.6 Å². The molecule has 0 radical (unpaired) electrons. The summed E-state index contributed by atoms with van der Waals surface area (Å²) in [6.45, 7) is 3.80. The molecule has 0 bridgehead atoms. The van der Waals surface area contributed by atoms with E-state index < -0.39 is 0 Å². The van der Waals surface area contributed by atoms with E-state index in [0.29, 0.717) is 10.7 Å². The van der Waals surface area contributed by atoms with Gasteiger partial charge in [0.25, 0.3) is 5.91 Å². The Morgan fingerprint density at radius 3 is 2.73 bits per heavy atom. The predicted molar refractivity (Wildman–Crippen MR) is 104 cm³/mol. The molecule has 0 spiro atoms. The molecule has 1 aromatic carbocycles. The third-order valence-electron chi connectivity index (χ3n) is 3.79. The van der Waals surface area contributed by atoms with Crippen molar-refractivity contribution >= 4 is 28.2 Å². The lowest BCUT2D eigenvalue weighted by atomic mass is 10.0. The van der Waals surface area contributed by atoms with Gasteiger partial charge in [-0.25, -0.2) is 4.98 Å². The highest BCUT2D eigenvalue weighted by molar-refractivity contribution is 7.13. The van der Waals surface area contributed by atoms with Gasteiger partial charge in [0.15, 0.2) is 0 Å². The van der Waals surface area contributed by atoms with Crippen molar-refractivity contribution in [2.75, 3.05) is 10.6 Å². The molecule has 2 N–H and O–H groups in total. The SMILES string of the molecule is C=CCCC(Nc1ccc(C(=O)Nc2nncs2)cn1)c1ccccc1. The average Bonchev–Trinajstić information content (AvgIpc) is 3.19.